The van der Waals surface area contributed by atoms with Crippen molar-refractivity contribution in [2.24, 2.45) is 0 Å². The maximum atomic E-state index is 2.69. The summed E-state index contributed by atoms with van der Waals surface area (Å²) in [4.78, 5) is 0. The van der Waals surface area contributed by atoms with Crippen molar-refractivity contribution in [3.63, 3.8) is 0 Å². The molecule has 0 N–H and O–H groups in total. The monoisotopic (exact) mass is 562 g/mol. The third-order valence-electron chi connectivity index (χ3n) is 7.15. The molecule has 0 radical (unpaired) electrons. The molecule has 3 aliphatic rings. The van der Waals surface area contributed by atoms with Gasteiger partial charge in [0.05, 0.1) is 0 Å². The summed E-state index contributed by atoms with van der Waals surface area (Å²) < 4.78 is 5.78. The molecule has 6 heteroatoms. The standard InChI is InChI=1S/C15H27P.C9H16N2.2ClH.Ru/c1-2-8-13(7-1)16(14-9-3-4-10-14)15-11-5-6-12-15;1-8(2)10-5-6-11(7-10)9(3)4;;;/h13-15H,1-12H2;5-6,8-9H,1-4H3;2*1H;/q;;;;+2/p-2. The molecular formula is C24H43Cl2N2PRu. The molecule has 3 aliphatic carbocycles. The van der Waals surface area contributed by atoms with E-state index >= 15 is 0 Å². The van der Waals surface area contributed by atoms with Crippen molar-refractivity contribution in [1.29, 1.82) is 0 Å². The SMILES string of the molecule is C1CCC(P(C2CCCC2)C2CCCC2)C1.CC(C)n1ccn(C(C)C)[c]1=[Ru+2].[Cl-].[Cl-]. The molecule has 0 spiro atoms. The van der Waals surface area contributed by atoms with Gasteiger partial charge in [0, 0.05) is 0 Å². The average Bonchev–Trinajstić information content (AvgIpc) is 3.45. The minimum Gasteiger partial charge on any atom is -1.00 e. The summed E-state index contributed by atoms with van der Waals surface area (Å²) in [6.45, 7) is 8.78. The summed E-state index contributed by atoms with van der Waals surface area (Å²) in [6, 6.07) is 1.09. The van der Waals surface area contributed by atoms with Crippen LogP contribution < -0.4 is 24.8 Å². The maximum absolute atomic E-state index is 2.69. The van der Waals surface area contributed by atoms with Gasteiger partial charge < -0.3 is 24.8 Å². The molecule has 3 saturated carbocycles. The Balaban J connectivity index is 0.000000293. The number of nitrogens with zero attached hydrogens (tertiary/aromatic N) is 2. The van der Waals surface area contributed by atoms with Crippen LogP contribution >= 0.6 is 7.92 Å². The van der Waals surface area contributed by atoms with E-state index in [0.717, 1.165) is 0 Å². The Hall–Kier alpha value is 0.843. The molecule has 30 heavy (non-hydrogen) atoms. The minimum absolute atomic E-state index is 0. The molecular weight excluding hydrogens is 519 g/mol. The van der Waals surface area contributed by atoms with Crippen LogP contribution in [0.15, 0.2) is 12.4 Å². The van der Waals surface area contributed by atoms with E-state index in [9.17, 15) is 0 Å². The molecule has 1 aromatic heterocycles. The van der Waals surface area contributed by atoms with E-state index in [1.165, 1.54) is 21.0 Å². The number of hydrogen-bond acceptors (Lipinski definition) is 0. The number of imidazole rings is 1. The largest absolute Gasteiger partial charge is 1.00 e. The fourth-order valence-electron chi connectivity index (χ4n) is 5.66. The van der Waals surface area contributed by atoms with Gasteiger partial charge in [-0.25, -0.2) is 0 Å². The van der Waals surface area contributed by atoms with Gasteiger partial charge in [0.15, 0.2) is 0 Å². The van der Waals surface area contributed by atoms with Crippen LogP contribution in [0.25, 0.3) is 0 Å². The number of halogens is 2. The van der Waals surface area contributed by atoms with Crippen molar-refractivity contribution >= 4 is 7.92 Å². The predicted molar refractivity (Wildman–Crippen MR) is 120 cm³/mol. The van der Waals surface area contributed by atoms with Gasteiger partial charge in [0.2, 0.25) is 0 Å². The van der Waals surface area contributed by atoms with Crippen molar-refractivity contribution in [3.8, 4) is 0 Å². The predicted octanol–water partition coefficient (Wildman–Crippen LogP) is 1.83. The molecule has 0 unspecified atom stereocenters. The number of hydrogen-bond donors (Lipinski definition) is 0. The van der Waals surface area contributed by atoms with Crippen LogP contribution in [0.4, 0.5) is 0 Å². The molecule has 0 amide bonds. The first-order chi connectivity index (χ1) is 13.5. The van der Waals surface area contributed by atoms with Crippen molar-refractivity contribution in [2.45, 2.75) is 134 Å². The van der Waals surface area contributed by atoms with Gasteiger partial charge >= 0.3 is 83.2 Å². The Morgan fingerprint density at radius 3 is 1.13 bits per heavy atom. The Bertz CT molecular complexity index is 573. The van der Waals surface area contributed by atoms with Crippen molar-refractivity contribution in [2.75, 3.05) is 0 Å². The van der Waals surface area contributed by atoms with E-state index in [4.69, 9.17) is 0 Å². The smallest absolute Gasteiger partial charge is 1.00 e. The van der Waals surface area contributed by atoms with Crippen molar-refractivity contribution in [1.82, 2.24) is 9.13 Å². The van der Waals surface area contributed by atoms with Crippen LogP contribution in [-0.4, -0.2) is 26.1 Å². The molecule has 176 valence electrons. The van der Waals surface area contributed by atoms with E-state index in [0.29, 0.717) is 20.0 Å². The van der Waals surface area contributed by atoms with Gasteiger partial charge in [-0.1, -0.05) is 46.4 Å². The molecule has 0 saturated heterocycles. The van der Waals surface area contributed by atoms with Crippen LogP contribution in [0.3, 0.4) is 0 Å². The number of rotatable bonds is 5. The summed E-state index contributed by atoms with van der Waals surface area (Å²) >= 11 is 2.69. The van der Waals surface area contributed by atoms with E-state index in [2.05, 4.69) is 67.1 Å². The van der Waals surface area contributed by atoms with Crippen LogP contribution in [-0.2, 0) is 17.9 Å². The fraction of sp³-hybridized carbons (Fsp3) is 0.875. The number of aromatic nitrogens is 2. The quantitative estimate of drug-likeness (QED) is 0.383. The normalized spacial score (nSPS) is 20.5. The van der Waals surface area contributed by atoms with Gasteiger partial charge in [-0.2, -0.15) is 0 Å². The zero-order valence-electron chi connectivity index (χ0n) is 19.5. The van der Waals surface area contributed by atoms with Gasteiger partial charge in [-0.05, 0) is 55.5 Å². The van der Waals surface area contributed by atoms with Gasteiger partial charge in [-0.3, -0.25) is 0 Å². The van der Waals surface area contributed by atoms with E-state index in [1.54, 1.807) is 77.0 Å². The van der Waals surface area contributed by atoms with Gasteiger partial charge in [0.25, 0.3) is 0 Å². The molecule has 0 atom stereocenters. The summed E-state index contributed by atoms with van der Waals surface area (Å²) in [5.41, 5.74) is 3.63. The third kappa shape index (κ3) is 7.43. The van der Waals surface area contributed by atoms with E-state index in [1.807, 2.05) is 0 Å². The van der Waals surface area contributed by atoms with Crippen LogP contribution in [0.1, 0.15) is 117 Å². The summed E-state index contributed by atoms with van der Waals surface area (Å²) in [5, 5.41) is 0. The Labute approximate surface area is 209 Å². The third-order valence-corrected chi connectivity index (χ3v) is 12.1. The molecule has 0 bridgehead atoms. The summed E-state index contributed by atoms with van der Waals surface area (Å²) in [6.07, 6.45) is 23.3. The second-order valence-electron chi connectivity index (χ2n) is 9.82. The van der Waals surface area contributed by atoms with Crippen LogP contribution in [0, 0.1) is 4.01 Å². The first-order valence-corrected chi connectivity index (χ1v) is 14.4. The van der Waals surface area contributed by atoms with E-state index < -0.39 is 0 Å². The molecule has 3 fully saturated rings. The van der Waals surface area contributed by atoms with Crippen LogP contribution in [0.5, 0.6) is 0 Å². The van der Waals surface area contributed by atoms with Gasteiger partial charge in [-0.15, -0.1) is 0 Å². The first kappa shape index (κ1) is 28.9. The van der Waals surface area contributed by atoms with Crippen molar-refractivity contribution < 1.29 is 42.7 Å². The topological polar surface area (TPSA) is 9.86 Å². The molecule has 1 heterocycles. The molecule has 2 nitrogen and oxygen atoms in total. The fourth-order valence-corrected chi connectivity index (χ4v) is 11.5. The Kier molecular flexibility index (Phi) is 13.6. The van der Waals surface area contributed by atoms with E-state index in [-0.39, 0.29) is 24.8 Å². The summed E-state index contributed by atoms with van der Waals surface area (Å²) in [5.74, 6) is 0. The summed E-state index contributed by atoms with van der Waals surface area (Å²) in [7, 11) is 0.436. The van der Waals surface area contributed by atoms with Gasteiger partial charge in [0.1, 0.15) is 0 Å². The Morgan fingerprint density at radius 2 is 0.933 bits per heavy atom. The second kappa shape index (κ2) is 14.2. The second-order valence-corrected chi connectivity index (χ2v) is 13.7. The molecule has 0 aromatic carbocycles. The average molecular weight is 563 g/mol. The molecule has 4 rings (SSSR count). The minimum atomic E-state index is 0. The zero-order chi connectivity index (χ0) is 20.1. The van der Waals surface area contributed by atoms with Crippen LogP contribution in [0.2, 0.25) is 0 Å². The maximum Gasteiger partial charge on any atom is -1.00 e. The zero-order valence-corrected chi connectivity index (χ0v) is 23.6. The molecule has 1 aromatic rings. The van der Waals surface area contributed by atoms with Crippen molar-refractivity contribution in [3.05, 3.63) is 16.4 Å². The Morgan fingerprint density at radius 1 is 0.667 bits per heavy atom. The molecule has 0 aliphatic heterocycles. The first-order valence-electron chi connectivity index (χ1n) is 12.0.